The van der Waals surface area contributed by atoms with E-state index in [4.69, 9.17) is 4.99 Å². The van der Waals surface area contributed by atoms with E-state index in [9.17, 15) is 0 Å². The highest BCUT2D eigenvalue weighted by molar-refractivity contribution is 14.0. The van der Waals surface area contributed by atoms with Gasteiger partial charge in [-0.15, -0.1) is 24.0 Å². The summed E-state index contributed by atoms with van der Waals surface area (Å²) < 4.78 is 0. The fourth-order valence-electron chi connectivity index (χ4n) is 3.54. The van der Waals surface area contributed by atoms with E-state index in [2.05, 4.69) is 79.6 Å². The minimum Gasteiger partial charge on any atom is -0.357 e. The second kappa shape index (κ2) is 12.6. The summed E-state index contributed by atoms with van der Waals surface area (Å²) in [6, 6.07) is 8.77. The van der Waals surface area contributed by atoms with E-state index in [0.717, 1.165) is 25.6 Å². The summed E-state index contributed by atoms with van der Waals surface area (Å²) in [5.41, 5.74) is 2.72. The lowest BCUT2D eigenvalue weighted by atomic mass is 9.98. The van der Waals surface area contributed by atoms with Crippen LogP contribution in [0.2, 0.25) is 0 Å². The molecule has 0 spiro atoms. The molecule has 0 atom stereocenters. The van der Waals surface area contributed by atoms with Gasteiger partial charge >= 0.3 is 0 Å². The zero-order chi connectivity index (χ0) is 19.7. The Bertz CT molecular complexity index is 577. The Morgan fingerprint density at radius 2 is 1.64 bits per heavy atom. The molecule has 2 N–H and O–H groups in total. The van der Waals surface area contributed by atoms with E-state index in [1.54, 1.807) is 0 Å². The molecule has 1 aromatic rings. The Morgan fingerprint density at radius 1 is 1.04 bits per heavy atom. The summed E-state index contributed by atoms with van der Waals surface area (Å²) in [6.07, 6.45) is 4.01. The number of benzene rings is 1. The first-order valence-electron chi connectivity index (χ1n) is 10.4. The molecule has 5 nitrogen and oxygen atoms in total. The highest BCUT2D eigenvalue weighted by Crippen LogP contribution is 2.19. The van der Waals surface area contributed by atoms with Gasteiger partial charge in [0, 0.05) is 25.2 Å². The van der Waals surface area contributed by atoms with E-state index in [-0.39, 0.29) is 29.5 Å². The maximum atomic E-state index is 4.79. The third-order valence-electron chi connectivity index (χ3n) is 5.19. The summed E-state index contributed by atoms with van der Waals surface area (Å²) in [7, 11) is 4.19. The van der Waals surface area contributed by atoms with Gasteiger partial charge in [-0.3, -0.25) is 4.90 Å². The van der Waals surface area contributed by atoms with Crippen molar-refractivity contribution in [3.05, 3.63) is 35.4 Å². The fraction of sp³-hybridized carbons (Fsp3) is 0.682. The van der Waals surface area contributed by atoms with Gasteiger partial charge in [0.2, 0.25) is 0 Å². The van der Waals surface area contributed by atoms with Gasteiger partial charge in [0.15, 0.2) is 5.96 Å². The van der Waals surface area contributed by atoms with Crippen LogP contribution in [0.3, 0.4) is 0 Å². The van der Waals surface area contributed by atoms with Crippen LogP contribution in [0.4, 0.5) is 0 Å². The molecule has 1 saturated heterocycles. The topological polar surface area (TPSA) is 42.9 Å². The first-order chi connectivity index (χ1) is 12.9. The molecule has 0 aliphatic carbocycles. The number of likely N-dealkylation sites (tertiary alicyclic amines) is 1. The zero-order valence-electron chi connectivity index (χ0n) is 18.4. The molecule has 0 radical (unpaired) electrons. The van der Waals surface area contributed by atoms with Gasteiger partial charge in [0.05, 0.1) is 6.54 Å². The Balaban J connectivity index is 0.00000392. The molecule has 0 amide bonds. The number of hydrogen-bond acceptors (Lipinski definition) is 3. The average Bonchev–Trinajstić information content (AvgIpc) is 2.65. The van der Waals surface area contributed by atoms with E-state index >= 15 is 0 Å². The standard InChI is InChI=1S/C22H39N5.HI/c1-6-23-21(25-18-22(2,3)27-14-8-7-9-15-27)24-16-19-10-12-20(13-11-19)17-26(4)5;/h10-13H,6-9,14-18H2,1-5H3,(H2,23,24,25);1H. The number of rotatable bonds is 8. The Hall–Kier alpha value is -0.860. The van der Waals surface area contributed by atoms with Crippen LogP contribution in [-0.2, 0) is 13.1 Å². The molecular weight excluding hydrogens is 461 g/mol. The summed E-state index contributed by atoms with van der Waals surface area (Å²) in [6.45, 7) is 12.6. The summed E-state index contributed by atoms with van der Waals surface area (Å²) in [5, 5.41) is 6.94. The van der Waals surface area contributed by atoms with Crippen LogP contribution >= 0.6 is 24.0 Å². The van der Waals surface area contributed by atoms with Gasteiger partial charge in [-0.25, -0.2) is 4.99 Å². The predicted octanol–water partition coefficient (Wildman–Crippen LogP) is 3.69. The molecule has 0 saturated carbocycles. The minimum absolute atomic E-state index is 0. The zero-order valence-corrected chi connectivity index (χ0v) is 20.8. The van der Waals surface area contributed by atoms with E-state index in [1.807, 2.05) is 0 Å². The first-order valence-corrected chi connectivity index (χ1v) is 10.4. The lowest BCUT2D eigenvalue weighted by Crippen LogP contribution is -2.54. The van der Waals surface area contributed by atoms with Gasteiger partial charge in [-0.1, -0.05) is 30.7 Å². The molecule has 160 valence electrons. The van der Waals surface area contributed by atoms with Crippen molar-refractivity contribution in [3.8, 4) is 0 Å². The highest BCUT2D eigenvalue weighted by Gasteiger charge is 2.27. The Morgan fingerprint density at radius 3 is 2.21 bits per heavy atom. The van der Waals surface area contributed by atoms with Gasteiger partial charge in [0.1, 0.15) is 0 Å². The molecule has 6 heteroatoms. The van der Waals surface area contributed by atoms with E-state index in [1.165, 1.54) is 43.5 Å². The van der Waals surface area contributed by atoms with Crippen LogP contribution in [0.1, 0.15) is 51.2 Å². The molecule has 0 unspecified atom stereocenters. The molecule has 1 aliphatic rings. The smallest absolute Gasteiger partial charge is 0.191 e. The van der Waals surface area contributed by atoms with Crippen molar-refractivity contribution in [3.63, 3.8) is 0 Å². The molecule has 1 heterocycles. The molecule has 1 fully saturated rings. The average molecular weight is 502 g/mol. The number of piperidine rings is 1. The Kier molecular flexibility index (Phi) is 11.4. The predicted molar refractivity (Wildman–Crippen MR) is 132 cm³/mol. The molecule has 2 rings (SSSR count). The molecule has 0 aromatic heterocycles. The largest absolute Gasteiger partial charge is 0.357 e. The number of nitrogens with one attached hydrogen (secondary N) is 2. The van der Waals surface area contributed by atoms with Crippen LogP contribution in [0.5, 0.6) is 0 Å². The van der Waals surface area contributed by atoms with Gasteiger partial charge in [-0.05, 0) is 71.9 Å². The monoisotopic (exact) mass is 501 g/mol. The molecule has 28 heavy (non-hydrogen) atoms. The van der Waals surface area contributed by atoms with Gasteiger partial charge in [0.25, 0.3) is 0 Å². The first kappa shape index (κ1) is 25.2. The van der Waals surface area contributed by atoms with Crippen LogP contribution in [0, 0.1) is 0 Å². The van der Waals surface area contributed by atoms with Crippen molar-refractivity contribution in [1.82, 2.24) is 20.4 Å². The fourth-order valence-corrected chi connectivity index (χ4v) is 3.54. The minimum atomic E-state index is 0. The van der Waals surface area contributed by atoms with E-state index in [0.29, 0.717) is 6.54 Å². The van der Waals surface area contributed by atoms with E-state index < -0.39 is 0 Å². The van der Waals surface area contributed by atoms with Gasteiger partial charge < -0.3 is 15.5 Å². The number of halogens is 1. The highest BCUT2D eigenvalue weighted by atomic mass is 127. The van der Waals surface area contributed by atoms with Crippen molar-refractivity contribution in [2.24, 2.45) is 4.99 Å². The molecule has 1 aromatic carbocycles. The number of nitrogens with zero attached hydrogens (tertiary/aromatic N) is 3. The summed E-state index contributed by atoms with van der Waals surface area (Å²) in [4.78, 5) is 9.58. The van der Waals surface area contributed by atoms with Gasteiger partial charge in [-0.2, -0.15) is 0 Å². The third kappa shape index (κ3) is 8.66. The van der Waals surface area contributed by atoms with Crippen LogP contribution in [-0.4, -0.2) is 61.6 Å². The van der Waals surface area contributed by atoms with Crippen molar-refractivity contribution >= 4 is 29.9 Å². The second-order valence-electron chi connectivity index (χ2n) is 8.46. The molecule has 1 aliphatic heterocycles. The molecule has 0 bridgehead atoms. The Labute approximate surface area is 189 Å². The van der Waals surface area contributed by atoms with Crippen molar-refractivity contribution in [1.29, 1.82) is 0 Å². The number of hydrogen-bond donors (Lipinski definition) is 2. The summed E-state index contributed by atoms with van der Waals surface area (Å²) in [5.74, 6) is 0.903. The third-order valence-corrected chi connectivity index (χ3v) is 5.19. The normalized spacial score (nSPS) is 16.0. The van der Waals surface area contributed by atoms with Crippen molar-refractivity contribution in [2.75, 3.05) is 40.3 Å². The van der Waals surface area contributed by atoms with Crippen LogP contribution < -0.4 is 10.6 Å². The quantitative estimate of drug-likeness (QED) is 0.324. The van der Waals surface area contributed by atoms with Crippen LogP contribution in [0.15, 0.2) is 29.3 Å². The SMILES string of the molecule is CCNC(=NCc1ccc(CN(C)C)cc1)NCC(C)(C)N1CCCCC1.I. The summed E-state index contributed by atoms with van der Waals surface area (Å²) >= 11 is 0. The number of guanidine groups is 1. The number of aliphatic imine (C=N–C) groups is 1. The molecular formula is C22H40IN5. The lowest BCUT2D eigenvalue weighted by molar-refractivity contribution is 0.0982. The lowest BCUT2D eigenvalue weighted by Gasteiger charge is -2.41. The van der Waals surface area contributed by atoms with Crippen molar-refractivity contribution < 1.29 is 0 Å². The maximum Gasteiger partial charge on any atom is 0.191 e. The second-order valence-corrected chi connectivity index (χ2v) is 8.46. The van der Waals surface area contributed by atoms with Crippen LogP contribution in [0.25, 0.3) is 0 Å². The van der Waals surface area contributed by atoms with Crippen molar-refractivity contribution in [2.45, 2.75) is 58.7 Å². The maximum absolute atomic E-state index is 4.79.